The summed E-state index contributed by atoms with van der Waals surface area (Å²) in [5.41, 5.74) is 1.14. The molecule has 1 rings (SSSR count). The number of hydrogen-bond donors (Lipinski definition) is 1. The molecule has 1 aliphatic rings. The molecule has 0 aromatic heterocycles. The highest BCUT2D eigenvalue weighted by atomic mass is 16.5. The van der Waals surface area contributed by atoms with Crippen molar-refractivity contribution in [2.24, 2.45) is 5.92 Å². The summed E-state index contributed by atoms with van der Waals surface area (Å²) in [7, 11) is 0. The molecule has 2 heteroatoms. The first-order chi connectivity index (χ1) is 5.70. The normalized spacial score (nSPS) is 24.1. The van der Waals surface area contributed by atoms with Crippen LogP contribution in [0.5, 0.6) is 0 Å². The summed E-state index contributed by atoms with van der Waals surface area (Å²) in [6.45, 7) is 10.1. The Morgan fingerprint density at radius 3 is 2.83 bits per heavy atom. The predicted molar refractivity (Wildman–Crippen MR) is 51.0 cm³/mol. The van der Waals surface area contributed by atoms with Crippen molar-refractivity contribution in [3.05, 3.63) is 12.3 Å². The highest BCUT2D eigenvalue weighted by Crippen LogP contribution is 2.18. The van der Waals surface area contributed by atoms with Crippen LogP contribution in [0.3, 0.4) is 0 Å². The van der Waals surface area contributed by atoms with Crippen LogP contribution >= 0.6 is 0 Å². The second-order valence-electron chi connectivity index (χ2n) is 3.74. The van der Waals surface area contributed by atoms with E-state index in [2.05, 4.69) is 25.7 Å². The minimum atomic E-state index is 0.486. The van der Waals surface area contributed by atoms with Gasteiger partial charge in [0.1, 0.15) is 0 Å². The first-order valence-electron chi connectivity index (χ1n) is 4.73. The molecule has 0 saturated carbocycles. The molecule has 0 aromatic carbocycles. The lowest BCUT2D eigenvalue weighted by molar-refractivity contribution is 0.0649. The highest BCUT2D eigenvalue weighted by molar-refractivity contribution is 4.99. The summed E-state index contributed by atoms with van der Waals surface area (Å²) in [6.07, 6.45) is 2.39. The molecule has 0 spiro atoms. The van der Waals surface area contributed by atoms with Gasteiger partial charge in [-0.2, -0.15) is 0 Å². The van der Waals surface area contributed by atoms with Crippen LogP contribution in [0.4, 0.5) is 0 Å². The summed E-state index contributed by atoms with van der Waals surface area (Å²) < 4.78 is 5.38. The lowest BCUT2D eigenvalue weighted by Crippen LogP contribution is -2.30. The molecule has 0 radical (unpaired) electrons. The molecule has 1 aliphatic heterocycles. The zero-order valence-corrected chi connectivity index (χ0v) is 8.10. The van der Waals surface area contributed by atoms with E-state index in [0.29, 0.717) is 12.0 Å². The maximum Gasteiger partial charge on any atom is 0.0548 e. The van der Waals surface area contributed by atoms with Crippen LogP contribution in [0.2, 0.25) is 0 Å². The highest BCUT2D eigenvalue weighted by Gasteiger charge is 2.16. The number of hydrogen-bond acceptors (Lipinski definition) is 2. The number of rotatable bonds is 3. The van der Waals surface area contributed by atoms with Gasteiger partial charge in [0.15, 0.2) is 0 Å². The molecule has 12 heavy (non-hydrogen) atoms. The van der Waals surface area contributed by atoms with Gasteiger partial charge in [0.2, 0.25) is 0 Å². The van der Waals surface area contributed by atoms with Gasteiger partial charge < -0.3 is 10.1 Å². The van der Waals surface area contributed by atoms with Crippen LogP contribution in [0.15, 0.2) is 12.3 Å². The Morgan fingerprint density at radius 2 is 2.33 bits per heavy atom. The fourth-order valence-electron chi connectivity index (χ4n) is 1.50. The summed E-state index contributed by atoms with van der Waals surface area (Å²) in [5.74, 6) is 0.529. The average molecular weight is 169 g/mol. The van der Waals surface area contributed by atoms with Crippen molar-refractivity contribution in [2.45, 2.75) is 32.7 Å². The van der Waals surface area contributed by atoms with Gasteiger partial charge in [-0.1, -0.05) is 6.58 Å². The van der Waals surface area contributed by atoms with E-state index in [-0.39, 0.29) is 0 Å². The Labute approximate surface area is 75.0 Å². The van der Waals surface area contributed by atoms with Crippen LogP contribution in [-0.4, -0.2) is 19.3 Å². The van der Waals surface area contributed by atoms with Gasteiger partial charge in [-0.15, -0.1) is 0 Å². The van der Waals surface area contributed by atoms with Crippen molar-refractivity contribution in [3.8, 4) is 0 Å². The zero-order chi connectivity index (χ0) is 8.97. The van der Waals surface area contributed by atoms with Crippen molar-refractivity contribution in [3.63, 3.8) is 0 Å². The fourth-order valence-corrected chi connectivity index (χ4v) is 1.50. The number of nitrogens with one attached hydrogen (secondary N) is 1. The van der Waals surface area contributed by atoms with Gasteiger partial charge in [0, 0.05) is 24.3 Å². The molecule has 1 unspecified atom stereocenters. The van der Waals surface area contributed by atoms with Crippen LogP contribution in [0, 0.1) is 5.92 Å². The molecular weight excluding hydrogens is 150 g/mol. The van der Waals surface area contributed by atoms with E-state index in [1.165, 1.54) is 12.8 Å². The van der Waals surface area contributed by atoms with E-state index in [1.54, 1.807) is 0 Å². The molecule has 1 heterocycles. The SMILES string of the molecule is C=C(NC(C)C)C1CCCOC1. The largest absolute Gasteiger partial charge is 0.386 e. The third-order valence-corrected chi connectivity index (χ3v) is 2.13. The first-order valence-corrected chi connectivity index (χ1v) is 4.73. The van der Waals surface area contributed by atoms with E-state index >= 15 is 0 Å². The Bertz CT molecular complexity index is 148. The minimum absolute atomic E-state index is 0.486. The molecule has 2 nitrogen and oxygen atoms in total. The molecule has 0 bridgehead atoms. The Kier molecular flexibility index (Phi) is 3.60. The van der Waals surface area contributed by atoms with E-state index in [9.17, 15) is 0 Å². The van der Waals surface area contributed by atoms with Gasteiger partial charge in [-0.3, -0.25) is 0 Å². The zero-order valence-electron chi connectivity index (χ0n) is 8.10. The van der Waals surface area contributed by atoms with Gasteiger partial charge >= 0.3 is 0 Å². The molecule has 70 valence electrons. The van der Waals surface area contributed by atoms with E-state index in [1.807, 2.05) is 0 Å². The fraction of sp³-hybridized carbons (Fsp3) is 0.800. The maximum atomic E-state index is 5.38. The first kappa shape index (κ1) is 9.59. The second kappa shape index (κ2) is 4.51. The van der Waals surface area contributed by atoms with Gasteiger partial charge in [0.25, 0.3) is 0 Å². The standard InChI is InChI=1S/C10H19NO/c1-8(2)11-9(3)10-5-4-6-12-7-10/h8,10-11H,3-7H2,1-2H3. The van der Waals surface area contributed by atoms with Crippen LogP contribution in [0.25, 0.3) is 0 Å². The topological polar surface area (TPSA) is 21.3 Å². The Hall–Kier alpha value is -0.500. The summed E-state index contributed by atoms with van der Waals surface area (Å²) >= 11 is 0. The molecule has 0 amide bonds. The van der Waals surface area contributed by atoms with Crippen LogP contribution in [0.1, 0.15) is 26.7 Å². The van der Waals surface area contributed by atoms with Crippen LogP contribution in [-0.2, 0) is 4.74 Å². The van der Waals surface area contributed by atoms with Crippen LogP contribution < -0.4 is 5.32 Å². The molecule has 1 fully saturated rings. The van der Waals surface area contributed by atoms with Crippen molar-refractivity contribution in [1.29, 1.82) is 0 Å². The van der Waals surface area contributed by atoms with Gasteiger partial charge in [0.05, 0.1) is 6.61 Å². The Balaban J connectivity index is 2.30. The van der Waals surface area contributed by atoms with Gasteiger partial charge in [-0.05, 0) is 26.7 Å². The predicted octanol–water partition coefficient (Wildman–Crippen LogP) is 1.92. The van der Waals surface area contributed by atoms with Crippen molar-refractivity contribution in [1.82, 2.24) is 5.32 Å². The summed E-state index contributed by atoms with van der Waals surface area (Å²) in [6, 6.07) is 0.486. The number of ether oxygens (including phenoxy) is 1. The molecule has 0 aliphatic carbocycles. The quantitative estimate of drug-likeness (QED) is 0.697. The second-order valence-corrected chi connectivity index (χ2v) is 3.74. The lowest BCUT2D eigenvalue weighted by atomic mass is 9.99. The molecular formula is C10H19NO. The lowest BCUT2D eigenvalue weighted by Gasteiger charge is -2.26. The van der Waals surface area contributed by atoms with Crippen molar-refractivity contribution < 1.29 is 4.74 Å². The summed E-state index contributed by atoms with van der Waals surface area (Å²) in [4.78, 5) is 0. The smallest absolute Gasteiger partial charge is 0.0548 e. The maximum absolute atomic E-state index is 5.38. The van der Waals surface area contributed by atoms with E-state index in [0.717, 1.165) is 18.9 Å². The Morgan fingerprint density at radius 1 is 1.58 bits per heavy atom. The molecule has 0 aromatic rings. The minimum Gasteiger partial charge on any atom is -0.386 e. The van der Waals surface area contributed by atoms with Gasteiger partial charge in [-0.25, -0.2) is 0 Å². The van der Waals surface area contributed by atoms with E-state index < -0.39 is 0 Å². The monoisotopic (exact) mass is 169 g/mol. The third kappa shape index (κ3) is 2.86. The molecule has 1 atom stereocenters. The molecule has 1 saturated heterocycles. The van der Waals surface area contributed by atoms with Crippen molar-refractivity contribution in [2.75, 3.05) is 13.2 Å². The van der Waals surface area contributed by atoms with Crippen molar-refractivity contribution >= 4 is 0 Å². The average Bonchev–Trinajstić information content (AvgIpc) is 2.05. The third-order valence-electron chi connectivity index (χ3n) is 2.13. The molecule has 1 N–H and O–H groups in total. The summed E-state index contributed by atoms with van der Waals surface area (Å²) in [5, 5.41) is 3.34. The van der Waals surface area contributed by atoms with E-state index in [4.69, 9.17) is 4.74 Å².